The van der Waals surface area contributed by atoms with E-state index in [1.807, 2.05) is 0 Å². The molecule has 0 bridgehead atoms. The number of nitrogens with one attached hydrogen (secondary N) is 1. The molecule has 1 rings (SSSR count). The van der Waals surface area contributed by atoms with Gasteiger partial charge in [0.2, 0.25) is 10.0 Å². The smallest absolute Gasteiger partial charge is 0.240 e. The third kappa shape index (κ3) is 3.66. The largest absolute Gasteiger partial charge is 0.396 e. The third-order valence-corrected chi connectivity index (χ3v) is 4.06. The summed E-state index contributed by atoms with van der Waals surface area (Å²) in [5.74, 6) is -0.633. The highest BCUT2D eigenvalue weighted by atomic mass is 32.2. The molecule has 0 fully saturated rings. The summed E-state index contributed by atoms with van der Waals surface area (Å²) in [6.07, 6.45) is 1.05. The van der Waals surface area contributed by atoms with E-state index in [-0.39, 0.29) is 23.7 Å². The lowest BCUT2D eigenvalue weighted by Gasteiger charge is -2.10. The van der Waals surface area contributed by atoms with Crippen molar-refractivity contribution in [3.8, 4) is 0 Å². The van der Waals surface area contributed by atoms with Crippen molar-refractivity contribution < 1.29 is 17.9 Å². The molecule has 0 saturated carbocycles. The molecule has 4 N–H and O–H groups in total. The molecule has 0 unspecified atom stereocenters. The molecular formula is C11H17FN2O3S. The monoisotopic (exact) mass is 276 g/mol. The third-order valence-electron chi connectivity index (χ3n) is 2.46. The molecule has 0 atom stereocenters. The van der Waals surface area contributed by atoms with Gasteiger partial charge in [-0.3, -0.25) is 0 Å². The van der Waals surface area contributed by atoms with E-state index in [0.29, 0.717) is 18.4 Å². The van der Waals surface area contributed by atoms with Crippen molar-refractivity contribution in [2.75, 3.05) is 18.9 Å². The van der Waals surface area contributed by atoms with Gasteiger partial charge in [-0.25, -0.2) is 17.5 Å². The number of unbranched alkanes of at least 4 members (excludes halogenated alkanes) is 1. The Balaban J connectivity index is 2.88. The highest BCUT2D eigenvalue weighted by molar-refractivity contribution is 7.89. The molecular weight excluding hydrogens is 259 g/mol. The van der Waals surface area contributed by atoms with Crippen molar-refractivity contribution in [1.29, 1.82) is 0 Å². The maximum Gasteiger partial charge on any atom is 0.240 e. The maximum absolute atomic E-state index is 13.1. The zero-order valence-corrected chi connectivity index (χ0v) is 10.9. The number of halogens is 1. The number of rotatable bonds is 6. The second-order valence-electron chi connectivity index (χ2n) is 3.97. The Bertz CT molecular complexity index is 517. The predicted molar refractivity (Wildman–Crippen MR) is 67.1 cm³/mol. The maximum atomic E-state index is 13.1. The normalized spacial score (nSPS) is 11.7. The van der Waals surface area contributed by atoms with Gasteiger partial charge in [0.25, 0.3) is 0 Å². The Hall–Kier alpha value is -1.18. The molecule has 0 aliphatic heterocycles. The molecule has 7 heteroatoms. The first-order valence-electron chi connectivity index (χ1n) is 5.54. The van der Waals surface area contributed by atoms with E-state index in [1.54, 1.807) is 0 Å². The van der Waals surface area contributed by atoms with Crippen LogP contribution in [0.3, 0.4) is 0 Å². The van der Waals surface area contributed by atoms with Gasteiger partial charge in [0.15, 0.2) is 0 Å². The van der Waals surface area contributed by atoms with Crippen molar-refractivity contribution in [2.45, 2.75) is 24.7 Å². The zero-order valence-electron chi connectivity index (χ0n) is 10.1. The lowest BCUT2D eigenvalue weighted by molar-refractivity contribution is 0.285. The number of benzene rings is 1. The number of aliphatic hydroxyl groups excluding tert-OH is 1. The van der Waals surface area contributed by atoms with Gasteiger partial charge in [-0.1, -0.05) is 0 Å². The number of sulfonamides is 1. The van der Waals surface area contributed by atoms with E-state index < -0.39 is 15.8 Å². The zero-order chi connectivity index (χ0) is 13.8. The van der Waals surface area contributed by atoms with Crippen LogP contribution in [0.15, 0.2) is 17.0 Å². The molecule has 0 heterocycles. The van der Waals surface area contributed by atoms with E-state index in [2.05, 4.69) is 4.72 Å². The van der Waals surface area contributed by atoms with Crippen LogP contribution in [0.2, 0.25) is 0 Å². The molecule has 5 nitrogen and oxygen atoms in total. The van der Waals surface area contributed by atoms with Crippen LogP contribution < -0.4 is 10.5 Å². The number of hydrogen-bond donors (Lipinski definition) is 3. The van der Waals surface area contributed by atoms with Gasteiger partial charge >= 0.3 is 0 Å². The van der Waals surface area contributed by atoms with E-state index in [1.165, 1.54) is 6.92 Å². The lowest BCUT2D eigenvalue weighted by atomic mass is 10.2. The average molecular weight is 276 g/mol. The molecule has 102 valence electrons. The number of anilines is 1. The van der Waals surface area contributed by atoms with Crippen LogP contribution in [0.25, 0.3) is 0 Å². The minimum Gasteiger partial charge on any atom is -0.396 e. The van der Waals surface area contributed by atoms with Gasteiger partial charge in [0, 0.05) is 13.2 Å². The first-order chi connectivity index (χ1) is 8.38. The molecule has 18 heavy (non-hydrogen) atoms. The summed E-state index contributed by atoms with van der Waals surface area (Å²) in [6.45, 7) is 1.74. The second kappa shape index (κ2) is 6.12. The van der Waals surface area contributed by atoms with E-state index >= 15 is 0 Å². The van der Waals surface area contributed by atoms with Crippen molar-refractivity contribution in [2.24, 2.45) is 0 Å². The minimum atomic E-state index is -3.69. The minimum absolute atomic E-state index is 0.0181. The quantitative estimate of drug-likeness (QED) is 0.528. The first kappa shape index (κ1) is 14.9. The predicted octanol–water partition coefficient (Wildman–Crippen LogP) is 0.767. The summed E-state index contributed by atoms with van der Waals surface area (Å²) < 4.78 is 39.4. The molecule has 0 aliphatic carbocycles. The Labute approximate surface area is 106 Å². The number of nitrogens with two attached hydrogens (primary N) is 1. The van der Waals surface area contributed by atoms with Gasteiger partial charge in [-0.2, -0.15) is 0 Å². The molecule has 0 amide bonds. The van der Waals surface area contributed by atoms with Crippen LogP contribution >= 0.6 is 0 Å². The number of aryl methyl sites for hydroxylation is 1. The highest BCUT2D eigenvalue weighted by Crippen LogP contribution is 2.21. The molecule has 0 spiro atoms. The fourth-order valence-corrected chi connectivity index (χ4v) is 2.81. The van der Waals surface area contributed by atoms with Gasteiger partial charge in [-0.05, 0) is 37.5 Å². The number of aliphatic hydroxyl groups is 1. The molecule has 0 aliphatic rings. The molecule has 0 radical (unpaired) electrons. The van der Waals surface area contributed by atoms with Gasteiger partial charge in [-0.15, -0.1) is 0 Å². The highest BCUT2D eigenvalue weighted by Gasteiger charge is 2.18. The average Bonchev–Trinajstić information content (AvgIpc) is 2.29. The number of nitrogen functional groups attached to an aromatic ring is 1. The van der Waals surface area contributed by atoms with E-state index in [0.717, 1.165) is 12.1 Å². The summed E-state index contributed by atoms with van der Waals surface area (Å²) in [5, 5.41) is 8.59. The van der Waals surface area contributed by atoms with Crippen molar-refractivity contribution >= 4 is 15.7 Å². The fraction of sp³-hybridized carbons (Fsp3) is 0.455. The van der Waals surface area contributed by atoms with Crippen LogP contribution in [0, 0.1) is 12.7 Å². The van der Waals surface area contributed by atoms with Gasteiger partial charge < -0.3 is 10.8 Å². The van der Waals surface area contributed by atoms with Gasteiger partial charge in [0.1, 0.15) is 5.82 Å². The van der Waals surface area contributed by atoms with Crippen LogP contribution in [-0.2, 0) is 10.0 Å². The molecule has 1 aromatic carbocycles. The van der Waals surface area contributed by atoms with Crippen LogP contribution in [0.4, 0.5) is 10.1 Å². The SMILES string of the molecule is Cc1cc(F)c(N)cc1S(=O)(=O)NCCCCO. The second-order valence-corrected chi connectivity index (χ2v) is 5.70. The lowest BCUT2D eigenvalue weighted by Crippen LogP contribution is -2.26. The van der Waals surface area contributed by atoms with E-state index in [9.17, 15) is 12.8 Å². The Morgan fingerprint density at radius 2 is 2.06 bits per heavy atom. The molecule has 0 aromatic heterocycles. The molecule has 1 aromatic rings. The first-order valence-corrected chi connectivity index (χ1v) is 7.03. The van der Waals surface area contributed by atoms with E-state index in [4.69, 9.17) is 10.8 Å². The van der Waals surface area contributed by atoms with Crippen LogP contribution in [-0.4, -0.2) is 26.7 Å². The van der Waals surface area contributed by atoms with Crippen molar-refractivity contribution in [1.82, 2.24) is 4.72 Å². The Morgan fingerprint density at radius 1 is 1.39 bits per heavy atom. The van der Waals surface area contributed by atoms with Crippen LogP contribution in [0.1, 0.15) is 18.4 Å². The molecule has 0 saturated heterocycles. The standard InChI is InChI=1S/C11H17FN2O3S/c1-8-6-9(12)10(13)7-11(8)18(16,17)14-4-2-3-5-15/h6-7,14-15H,2-5,13H2,1H3. The summed E-state index contributed by atoms with van der Waals surface area (Å²) in [5.41, 5.74) is 5.47. The van der Waals surface area contributed by atoms with Crippen molar-refractivity contribution in [3.63, 3.8) is 0 Å². The Morgan fingerprint density at radius 3 is 2.67 bits per heavy atom. The van der Waals surface area contributed by atoms with Gasteiger partial charge in [0.05, 0.1) is 10.6 Å². The van der Waals surface area contributed by atoms with Crippen molar-refractivity contribution in [3.05, 3.63) is 23.5 Å². The summed E-state index contributed by atoms with van der Waals surface area (Å²) in [7, 11) is -3.69. The van der Waals surface area contributed by atoms with Crippen LogP contribution in [0.5, 0.6) is 0 Å². The fourth-order valence-electron chi connectivity index (χ4n) is 1.48. The summed E-state index contributed by atoms with van der Waals surface area (Å²) in [6, 6.07) is 2.21. The Kier molecular flexibility index (Phi) is 5.06. The number of hydrogen-bond acceptors (Lipinski definition) is 4. The summed E-state index contributed by atoms with van der Waals surface area (Å²) in [4.78, 5) is -0.0228. The summed E-state index contributed by atoms with van der Waals surface area (Å²) >= 11 is 0. The topological polar surface area (TPSA) is 92.4 Å².